The zero-order valence-corrected chi connectivity index (χ0v) is 16.4. The van der Waals surface area contributed by atoms with Gasteiger partial charge in [-0.2, -0.15) is 6.66 Å². The van der Waals surface area contributed by atoms with E-state index in [1.54, 1.807) is 0 Å². The van der Waals surface area contributed by atoms with E-state index < -0.39 is 7.26 Å². The van der Waals surface area contributed by atoms with Crippen LogP contribution < -0.4 is 5.30 Å². The summed E-state index contributed by atoms with van der Waals surface area (Å²) in [5, 5.41) is 1.92. The average molecular weight is 392 g/mol. The van der Waals surface area contributed by atoms with Crippen LogP contribution in [0.1, 0.15) is 47.1 Å². The van der Waals surface area contributed by atoms with Gasteiger partial charge in [0, 0.05) is 0 Å². The molecule has 0 amide bonds. The van der Waals surface area contributed by atoms with Crippen molar-refractivity contribution in [3.63, 3.8) is 0 Å². The van der Waals surface area contributed by atoms with Crippen LogP contribution in [0, 0.1) is 13.6 Å². The summed E-state index contributed by atoms with van der Waals surface area (Å²) >= 11 is 2.22. The molecule has 0 nitrogen and oxygen atoms in total. The number of aryl methyl sites for hydroxylation is 1. The molecule has 3 heteroatoms. The number of benzene rings is 1. The van der Waals surface area contributed by atoms with Crippen molar-refractivity contribution in [3.05, 3.63) is 36.5 Å². The van der Waals surface area contributed by atoms with E-state index in [9.17, 15) is 0 Å². The molecule has 112 valence electrons. The zero-order chi connectivity index (χ0) is 15.5. The Morgan fingerprint density at radius 2 is 1.21 bits per heavy atom. The molecule has 0 atom stereocenters. The van der Waals surface area contributed by atoms with E-state index in [0.717, 1.165) is 0 Å². The van der Waals surface area contributed by atoms with Crippen molar-refractivity contribution in [3.8, 4) is 0 Å². The van der Waals surface area contributed by atoms with Crippen LogP contribution in [-0.4, -0.2) is 10.3 Å². The van der Waals surface area contributed by atoms with E-state index in [2.05, 4.69) is 100 Å². The second kappa shape index (κ2) is 7.05. The van der Waals surface area contributed by atoms with Crippen LogP contribution in [0.4, 0.5) is 0 Å². The van der Waals surface area contributed by atoms with Gasteiger partial charge >= 0.3 is 27.7 Å². The Labute approximate surface area is 135 Å². The summed E-state index contributed by atoms with van der Waals surface area (Å²) in [5.41, 5.74) is 1.32. The Bertz CT molecular complexity index is 371. The SMILES string of the molecule is [CH2-][P+](c1ccc(C)cc1)(C(C)(C)C)C(C)(C)C.[Cl][Pd+]. The van der Waals surface area contributed by atoms with Crippen molar-refractivity contribution in [1.82, 2.24) is 0 Å². The Morgan fingerprint density at radius 3 is 1.47 bits per heavy atom. The summed E-state index contributed by atoms with van der Waals surface area (Å²) < 4.78 is 0. The first-order chi connectivity index (χ1) is 8.50. The molecule has 1 aromatic carbocycles. The second-order valence-electron chi connectivity index (χ2n) is 6.99. The van der Waals surface area contributed by atoms with Crippen molar-refractivity contribution in [1.29, 1.82) is 0 Å². The van der Waals surface area contributed by atoms with Crippen molar-refractivity contribution in [2.24, 2.45) is 0 Å². The molecule has 0 saturated heterocycles. The summed E-state index contributed by atoms with van der Waals surface area (Å²) in [5.74, 6) is 0. The molecule has 0 aromatic heterocycles. The van der Waals surface area contributed by atoms with Crippen molar-refractivity contribution in [2.45, 2.75) is 58.8 Å². The van der Waals surface area contributed by atoms with E-state index >= 15 is 0 Å². The Kier molecular flexibility index (Phi) is 7.27. The number of rotatable bonds is 1. The fourth-order valence-corrected chi connectivity index (χ4v) is 6.80. The maximum absolute atomic E-state index is 4.72. The molecular weight excluding hydrogens is 365 g/mol. The van der Waals surface area contributed by atoms with Crippen molar-refractivity contribution < 1.29 is 18.2 Å². The Balaban J connectivity index is 0.00000154. The number of halogens is 1. The van der Waals surface area contributed by atoms with E-state index in [0.29, 0.717) is 0 Å². The molecule has 0 bridgehead atoms. The zero-order valence-electron chi connectivity index (χ0n) is 13.2. The molecule has 0 saturated carbocycles. The molecule has 0 unspecified atom stereocenters. The van der Waals surface area contributed by atoms with Crippen LogP contribution in [0.15, 0.2) is 24.3 Å². The Morgan fingerprint density at radius 1 is 0.895 bits per heavy atom. The molecule has 0 aliphatic carbocycles. The van der Waals surface area contributed by atoms with E-state index in [4.69, 9.17) is 6.66 Å². The second-order valence-corrected chi connectivity index (χ2v) is 11.8. The topological polar surface area (TPSA) is 0 Å². The van der Waals surface area contributed by atoms with Gasteiger partial charge in [-0.3, -0.25) is 0 Å². The van der Waals surface area contributed by atoms with Gasteiger partial charge in [-0.15, -0.1) is 0 Å². The third-order valence-electron chi connectivity index (χ3n) is 3.77. The maximum atomic E-state index is 4.72. The summed E-state index contributed by atoms with van der Waals surface area (Å²) in [6.45, 7) is 20.9. The molecule has 0 spiro atoms. The normalized spacial score (nSPS) is 12.8. The van der Waals surface area contributed by atoms with E-state index in [1.807, 2.05) is 0 Å². The summed E-state index contributed by atoms with van der Waals surface area (Å²) in [6.07, 6.45) is 0. The molecular formula is C16H27ClPPd+. The molecule has 0 aliphatic rings. The first-order valence-corrected chi connectivity index (χ1v) is 10.4. The van der Waals surface area contributed by atoms with Gasteiger partial charge in [0.15, 0.2) is 0 Å². The van der Waals surface area contributed by atoms with Gasteiger partial charge in [0.1, 0.15) is 0 Å². The summed E-state index contributed by atoms with van der Waals surface area (Å²) in [4.78, 5) is 0. The van der Waals surface area contributed by atoms with Gasteiger partial charge < -0.3 is 0 Å². The van der Waals surface area contributed by atoms with Gasteiger partial charge in [0.2, 0.25) is 0 Å². The molecule has 0 fully saturated rings. The standard InChI is InChI=1S/C16H27P.ClH.Pd/c1-13-9-11-14(12-10-13)17(8,15(2,3)4)16(5,6)7;;/h9-12H,8H2,1-7H3;1H;/q;;+2/p-1. The van der Waals surface area contributed by atoms with Gasteiger partial charge in [0.25, 0.3) is 0 Å². The average Bonchev–Trinajstić information content (AvgIpc) is 2.28. The molecule has 1 rings (SSSR count). The first kappa shape index (κ1) is 19.6. The van der Waals surface area contributed by atoms with E-state index in [1.165, 1.54) is 10.9 Å². The fraction of sp³-hybridized carbons (Fsp3) is 0.562. The third-order valence-corrected chi connectivity index (χ3v) is 9.53. The van der Waals surface area contributed by atoms with Crippen LogP contribution in [0.2, 0.25) is 0 Å². The first-order valence-electron chi connectivity index (χ1n) is 6.43. The van der Waals surface area contributed by atoms with Gasteiger partial charge in [-0.25, -0.2) is 0 Å². The molecule has 19 heavy (non-hydrogen) atoms. The minimum absolute atomic E-state index is 0.237. The Hall–Kier alpha value is 0.602. The van der Waals surface area contributed by atoms with Crippen LogP contribution >= 0.6 is 16.8 Å². The molecule has 1 aromatic rings. The monoisotopic (exact) mass is 391 g/mol. The van der Waals surface area contributed by atoms with Crippen LogP contribution in [0.25, 0.3) is 0 Å². The molecule has 0 radical (unpaired) electrons. The predicted octanol–water partition coefficient (Wildman–Crippen LogP) is 5.71. The predicted molar refractivity (Wildman–Crippen MR) is 88.4 cm³/mol. The van der Waals surface area contributed by atoms with Gasteiger partial charge in [-0.1, -0.05) is 25.0 Å². The van der Waals surface area contributed by atoms with Crippen LogP contribution in [-0.2, 0) is 18.2 Å². The molecule has 0 N–H and O–H groups in total. The minimum atomic E-state index is -1.46. The molecule has 0 aliphatic heterocycles. The van der Waals surface area contributed by atoms with Gasteiger partial charge in [-0.05, 0) is 60.6 Å². The molecule has 0 heterocycles. The van der Waals surface area contributed by atoms with E-state index in [-0.39, 0.29) is 10.3 Å². The third kappa shape index (κ3) is 4.28. The quantitative estimate of drug-likeness (QED) is 0.326. The van der Waals surface area contributed by atoms with Gasteiger partial charge in [0.05, 0.1) is 15.6 Å². The number of hydrogen-bond acceptors (Lipinski definition) is 0. The summed E-state index contributed by atoms with van der Waals surface area (Å²) in [7, 11) is 3.03. The van der Waals surface area contributed by atoms with Crippen LogP contribution in [0.3, 0.4) is 0 Å². The van der Waals surface area contributed by atoms with Crippen LogP contribution in [0.5, 0.6) is 0 Å². The van der Waals surface area contributed by atoms with Crippen molar-refractivity contribution >= 4 is 22.1 Å². The summed E-state index contributed by atoms with van der Waals surface area (Å²) in [6, 6.07) is 9.00. The fourth-order valence-electron chi connectivity index (χ4n) is 2.58. The number of hydrogen-bond donors (Lipinski definition) is 0. The van der Waals surface area contributed by atoms with Crippen molar-refractivity contribution in [2.75, 3.05) is 0 Å².